The van der Waals surface area contributed by atoms with Gasteiger partial charge in [-0.3, -0.25) is 4.79 Å². The van der Waals surface area contributed by atoms with E-state index in [1.165, 1.54) is 11.3 Å². The second kappa shape index (κ2) is 9.61. The van der Waals surface area contributed by atoms with Gasteiger partial charge in [0.1, 0.15) is 16.5 Å². The van der Waals surface area contributed by atoms with E-state index in [0.29, 0.717) is 30.3 Å². The number of urea groups is 1. The monoisotopic (exact) mass is 441 g/mol. The number of furan rings is 1. The van der Waals surface area contributed by atoms with Crippen LogP contribution in [0.25, 0.3) is 0 Å². The molecule has 3 aromatic rings. The Bertz CT molecular complexity index is 1010. The minimum Gasteiger partial charge on any atom is -0.497 e. The predicted octanol–water partition coefficient (Wildman–Crippen LogP) is 3.48. The lowest BCUT2D eigenvalue weighted by molar-refractivity contribution is 0.102. The Balaban J connectivity index is 1.27. The van der Waals surface area contributed by atoms with Crippen LogP contribution in [-0.4, -0.2) is 47.2 Å². The van der Waals surface area contributed by atoms with Crippen LogP contribution in [0, 0.1) is 0 Å². The first-order chi connectivity index (χ1) is 15.1. The van der Waals surface area contributed by atoms with Crippen molar-refractivity contribution in [2.24, 2.45) is 0 Å². The Morgan fingerprint density at radius 2 is 1.97 bits per heavy atom. The van der Waals surface area contributed by atoms with Crippen LogP contribution in [-0.2, 0) is 6.54 Å². The van der Waals surface area contributed by atoms with Crippen molar-refractivity contribution in [2.75, 3.05) is 25.5 Å². The zero-order valence-electron chi connectivity index (χ0n) is 17.0. The van der Waals surface area contributed by atoms with Gasteiger partial charge < -0.3 is 24.7 Å². The van der Waals surface area contributed by atoms with Gasteiger partial charge in [0.15, 0.2) is 0 Å². The van der Waals surface area contributed by atoms with Crippen molar-refractivity contribution < 1.29 is 18.7 Å². The molecule has 0 spiro atoms. The lowest BCUT2D eigenvalue weighted by Gasteiger charge is -2.30. The van der Waals surface area contributed by atoms with E-state index in [9.17, 15) is 9.59 Å². The van der Waals surface area contributed by atoms with E-state index in [1.54, 1.807) is 48.6 Å². The number of ether oxygens (including phenoxy) is 1. The summed E-state index contributed by atoms with van der Waals surface area (Å²) in [7, 11) is 1.59. The molecule has 4 rings (SSSR count). The highest BCUT2D eigenvalue weighted by Gasteiger charge is 2.27. The molecule has 0 bridgehead atoms. The van der Waals surface area contributed by atoms with Gasteiger partial charge in [-0.05, 0) is 49.2 Å². The molecule has 0 radical (unpaired) electrons. The van der Waals surface area contributed by atoms with Crippen molar-refractivity contribution in [1.29, 1.82) is 0 Å². The van der Waals surface area contributed by atoms with Crippen molar-refractivity contribution in [1.82, 2.24) is 20.4 Å². The van der Waals surface area contributed by atoms with Gasteiger partial charge in [-0.2, -0.15) is 0 Å². The quantitative estimate of drug-likeness (QED) is 0.606. The highest BCUT2D eigenvalue weighted by molar-refractivity contribution is 7.13. The fourth-order valence-corrected chi connectivity index (χ4v) is 4.27. The number of methoxy groups -OCH3 is 1. The largest absolute Gasteiger partial charge is 0.497 e. The molecule has 1 fully saturated rings. The molecule has 3 heterocycles. The maximum Gasteiger partial charge on any atom is 0.317 e. The number of piperidine rings is 1. The van der Waals surface area contributed by atoms with Crippen LogP contribution in [0.1, 0.15) is 39.3 Å². The van der Waals surface area contributed by atoms with Crippen molar-refractivity contribution in [2.45, 2.75) is 25.3 Å². The lowest BCUT2D eigenvalue weighted by atomic mass is 9.98. The number of aromatic nitrogens is 2. The Morgan fingerprint density at radius 3 is 2.65 bits per heavy atom. The molecule has 1 aliphatic heterocycles. The first-order valence-electron chi connectivity index (χ1n) is 9.96. The minimum absolute atomic E-state index is 0.105. The van der Waals surface area contributed by atoms with Gasteiger partial charge in [-0.25, -0.2) is 4.79 Å². The summed E-state index contributed by atoms with van der Waals surface area (Å²) in [5, 5.41) is 15.1. The number of anilines is 1. The van der Waals surface area contributed by atoms with Gasteiger partial charge in [0.2, 0.25) is 5.01 Å². The predicted molar refractivity (Wildman–Crippen MR) is 115 cm³/mol. The molecule has 2 aromatic heterocycles. The number of amides is 3. The molecular weight excluding hydrogens is 418 g/mol. The van der Waals surface area contributed by atoms with Gasteiger partial charge in [-0.15, -0.1) is 10.2 Å². The second-order valence-electron chi connectivity index (χ2n) is 7.13. The maximum absolute atomic E-state index is 12.5. The topological polar surface area (TPSA) is 110 Å². The molecule has 162 valence electrons. The SMILES string of the molecule is COc1ccc(NC(=O)c2nnc(C3CCN(C(=O)NCc4ccco4)CC3)s2)cc1. The zero-order chi connectivity index (χ0) is 21.6. The standard InChI is InChI=1S/C21H23N5O4S/c1-29-16-6-4-15(5-7-16)23-18(27)20-25-24-19(31-20)14-8-10-26(11-9-14)21(28)22-13-17-3-2-12-30-17/h2-7,12,14H,8-11,13H2,1H3,(H,22,28)(H,23,27). The number of carbonyl (C=O) groups excluding carboxylic acids is 2. The lowest BCUT2D eigenvalue weighted by Crippen LogP contribution is -2.43. The van der Waals surface area contributed by atoms with E-state index in [-0.39, 0.29) is 17.9 Å². The third-order valence-electron chi connectivity index (χ3n) is 5.11. The van der Waals surface area contributed by atoms with E-state index >= 15 is 0 Å². The summed E-state index contributed by atoms with van der Waals surface area (Å²) in [5.41, 5.74) is 0.663. The van der Waals surface area contributed by atoms with Crippen LogP contribution in [0.4, 0.5) is 10.5 Å². The smallest absolute Gasteiger partial charge is 0.317 e. The number of rotatable bonds is 6. The Kier molecular flexibility index (Phi) is 6.46. The van der Waals surface area contributed by atoms with E-state index in [0.717, 1.165) is 29.4 Å². The van der Waals surface area contributed by atoms with Gasteiger partial charge in [0, 0.05) is 24.7 Å². The second-order valence-corrected chi connectivity index (χ2v) is 8.14. The average Bonchev–Trinajstić information content (AvgIpc) is 3.50. The normalized spacial score (nSPS) is 14.3. The number of benzene rings is 1. The molecule has 1 aromatic carbocycles. The molecule has 0 saturated carbocycles. The molecule has 1 aliphatic rings. The van der Waals surface area contributed by atoms with E-state index in [2.05, 4.69) is 20.8 Å². The highest BCUT2D eigenvalue weighted by atomic mass is 32.1. The Morgan fingerprint density at radius 1 is 1.19 bits per heavy atom. The van der Waals surface area contributed by atoms with Crippen molar-refractivity contribution in [3.63, 3.8) is 0 Å². The fraction of sp³-hybridized carbons (Fsp3) is 0.333. The van der Waals surface area contributed by atoms with E-state index in [1.807, 2.05) is 6.07 Å². The summed E-state index contributed by atoms with van der Waals surface area (Å²) in [4.78, 5) is 26.6. The van der Waals surface area contributed by atoms with Gasteiger partial charge in [-0.1, -0.05) is 11.3 Å². The van der Waals surface area contributed by atoms with Crippen molar-refractivity contribution in [3.8, 4) is 5.75 Å². The Hall–Kier alpha value is -3.40. The summed E-state index contributed by atoms with van der Waals surface area (Å²) in [6.45, 7) is 1.62. The number of nitrogens with zero attached hydrogens (tertiary/aromatic N) is 3. The number of carbonyl (C=O) groups is 2. The third-order valence-corrected chi connectivity index (χ3v) is 6.19. The van der Waals surface area contributed by atoms with Crippen LogP contribution in [0.15, 0.2) is 47.1 Å². The van der Waals surface area contributed by atoms with Crippen LogP contribution in [0.5, 0.6) is 5.75 Å². The summed E-state index contributed by atoms with van der Waals surface area (Å²) in [6, 6.07) is 10.6. The number of hydrogen-bond acceptors (Lipinski definition) is 7. The minimum atomic E-state index is -0.288. The molecule has 0 unspecified atom stereocenters. The van der Waals surface area contributed by atoms with Gasteiger partial charge in [0.25, 0.3) is 5.91 Å². The summed E-state index contributed by atoms with van der Waals surface area (Å²) >= 11 is 1.30. The summed E-state index contributed by atoms with van der Waals surface area (Å²) in [5.74, 6) is 1.34. The number of nitrogens with one attached hydrogen (secondary N) is 2. The van der Waals surface area contributed by atoms with Crippen LogP contribution >= 0.6 is 11.3 Å². The number of hydrogen-bond donors (Lipinski definition) is 2. The van der Waals surface area contributed by atoms with Gasteiger partial charge >= 0.3 is 6.03 Å². The molecule has 10 heteroatoms. The molecule has 0 atom stereocenters. The average molecular weight is 442 g/mol. The first-order valence-corrected chi connectivity index (χ1v) is 10.8. The van der Waals surface area contributed by atoms with Gasteiger partial charge in [0.05, 0.1) is 19.9 Å². The molecule has 0 aliphatic carbocycles. The van der Waals surface area contributed by atoms with E-state index < -0.39 is 0 Å². The summed E-state index contributed by atoms with van der Waals surface area (Å²) < 4.78 is 10.3. The summed E-state index contributed by atoms with van der Waals surface area (Å²) in [6.07, 6.45) is 3.15. The van der Waals surface area contributed by atoms with E-state index in [4.69, 9.17) is 9.15 Å². The molecule has 31 heavy (non-hydrogen) atoms. The molecule has 2 N–H and O–H groups in total. The van der Waals surface area contributed by atoms with Crippen LogP contribution in [0.3, 0.4) is 0 Å². The fourth-order valence-electron chi connectivity index (χ4n) is 3.37. The molecular formula is C21H23N5O4S. The van der Waals surface area contributed by atoms with Crippen molar-refractivity contribution in [3.05, 3.63) is 58.4 Å². The first kappa shape index (κ1) is 20.9. The van der Waals surface area contributed by atoms with Crippen molar-refractivity contribution >= 4 is 29.0 Å². The maximum atomic E-state index is 12.5. The van der Waals surface area contributed by atoms with Crippen LogP contribution < -0.4 is 15.4 Å². The Labute approximate surface area is 183 Å². The molecule has 1 saturated heterocycles. The highest BCUT2D eigenvalue weighted by Crippen LogP contribution is 2.30. The molecule has 9 nitrogen and oxygen atoms in total. The zero-order valence-corrected chi connectivity index (χ0v) is 17.9. The third kappa shape index (κ3) is 5.21. The molecule has 3 amide bonds. The number of likely N-dealkylation sites (tertiary alicyclic amines) is 1. The van der Waals surface area contributed by atoms with Crippen LogP contribution in [0.2, 0.25) is 0 Å².